The summed E-state index contributed by atoms with van der Waals surface area (Å²) >= 11 is 0. The molecule has 1 fully saturated rings. The van der Waals surface area contributed by atoms with Crippen LogP contribution in [0.15, 0.2) is 18.2 Å². The highest BCUT2D eigenvalue weighted by molar-refractivity contribution is 6.74. The van der Waals surface area contributed by atoms with Crippen LogP contribution >= 0.6 is 0 Å². The number of benzene rings is 1. The summed E-state index contributed by atoms with van der Waals surface area (Å²) in [6.07, 6.45) is 1.15. The van der Waals surface area contributed by atoms with Gasteiger partial charge in [-0.15, -0.1) is 0 Å². The quantitative estimate of drug-likeness (QED) is 0.469. The second-order valence-corrected chi connectivity index (χ2v) is 17.8. The third-order valence-corrected chi connectivity index (χ3v) is 12.8. The number of hydrogen-bond donors (Lipinski definition) is 1. The topological polar surface area (TPSA) is 84.6 Å². The fourth-order valence-electron chi connectivity index (χ4n) is 5.27. The molecule has 7 nitrogen and oxygen atoms in total. The summed E-state index contributed by atoms with van der Waals surface area (Å²) in [6.45, 7) is 20.7. The van der Waals surface area contributed by atoms with Gasteiger partial charge in [-0.1, -0.05) is 34.6 Å². The molecule has 1 amide bonds. The molecule has 0 aliphatic carbocycles. The number of carbonyl (C=O) groups is 1. The molecule has 1 aromatic heterocycles. The lowest BCUT2D eigenvalue weighted by Gasteiger charge is -2.37. The molecule has 0 bridgehead atoms. The van der Waals surface area contributed by atoms with Gasteiger partial charge in [0.1, 0.15) is 17.5 Å². The maximum atomic E-state index is 15.5. The van der Waals surface area contributed by atoms with Gasteiger partial charge in [0, 0.05) is 19.2 Å². The first-order valence-electron chi connectivity index (χ1n) is 13.2. The molecule has 2 atom stereocenters. The van der Waals surface area contributed by atoms with E-state index >= 15 is 4.39 Å². The Hall–Kier alpha value is -2.52. The SMILES string of the molecule is C[C@@H]1C[C@H](C)CN(c2ccc(N3C(=O)C(C)(C)c4c(N)nc(CO[Si](C)(C)C(C)(C)C)nc43)cc2F)C1. The maximum Gasteiger partial charge on any atom is 0.243 e. The van der Waals surface area contributed by atoms with Crippen molar-refractivity contribution in [1.82, 2.24) is 9.97 Å². The smallest absolute Gasteiger partial charge is 0.243 e. The first kappa shape index (κ1) is 27.5. The molecule has 202 valence electrons. The third-order valence-electron chi connectivity index (χ3n) is 8.31. The molecular weight excluding hydrogens is 485 g/mol. The molecule has 1 saturated heterocycles. The number of fused-ring (bicyclic) bond motifs is 1. The van der Waals surface area contributed by atoms with Gasteiger partial charge in [0.05, 0.1) is 29.0 Å². The molecule has 2 aliphatic rings. The molecular formula is C28H42FN5O2Si. The number of anilines is 4. The minimum Gasteiger partial charge on any atom is -0.409 e. The van der Waals surface area contributed by atoms with Crippen LogP contribution in [0.25, 0.3) is 0 Å². The number of halogens is 1. The molecule has 0 saturated carbocycles. The summed E-state index contributed by atoms with van der Waals surface area (Å²) in [7, 11) is -2.05. The van der Waals surface area contributed by atoms with Gasteiger partial charge in [-0.05, 0) is 62.4 Å². The van der Waals surface area contributed by atoms with Crippen LogP contribution in [-0.2, 0) is 21.2 Å². The number of nitrogen functional groups attached to an aromatic ring is 1. The Kier molecular flexibility index (Phi) is 6.95. The van der Waals surface area contributed by atoms with Crippen molar-refractivity contribution in [2.24, 2.45) is 11.8 Å². The predicted octanol–water partition coefficient (Wildman–Crippen LogP) is 6.16. The van der Waals surface area contributed by atoms with Crippen LogP contribution in [0.5, 0.6) is 0 Å². The lowest BCUT2D eigenvalue weighted by molar-refractivity contribution is -0.121. The Bertz CT molecular complexity index is 1200. The number of nitrogens with two attached hydrogens (primary N) is 1. The van der Waals surface area contributed by atoms with E-state index in [0.29, 0.717) is 40.4 Å². The standard InChI is InChI=1S/C28H42FN5O2Si/c1-17-12-18(2)15-33(14-17)21-11-10-19(13-20(21)29)34-25-23(28(6,7)26(34)35)24(30)31-22(32-25)16-36-37(8,9)27(3,4)5/h10-11,13,17-18H,12,14-16H2,1-9H3,(H2,30,31,32)/t17-,18+. The third kappa shape index (κ3) is 5.00. The highest BCUT2D eigenvalue weighted by atomic mass is 28.4. The molecule has 37 heavy (non-hydrogen) atoms. The summed E-state index contributed by atoms with van der Waals surface area (Å²) in [6, 6.07) is 5.02. The van der Waals surface area contributed by atoms with Crippen molar-refractivity contribution < 1.29 is 13.6 Å². The van der Waals surface area contributed by atoms with Crippen molar-refractivity contribution in [2.45, 2.75) is 85.0 Å². The lowest BCUT2D eigenvalue weighted by atomic mass is 9.87. The fraction of sp³-hybridized carbons (Fsp3) is 0.607. The number of piperidine rings is 1. The van der Waals surface area contributed by atoms with Crippen molar-refractivity contribution >= 4 is 37.2 Å². The molecule has 2 N–H and O–H groups in total. The second kappa shape index (κ2) is 9.34. The van der Waals surface area contributed by atoms with Crippen LogP contribution in [-0.4, -0.2) is 37.3 Å². The zero-order chi connectivity index (χ0) is 27.5. The van der Waals surface area contributed by atoms with Crippen molar-refractivity contribution in [3.8, 4) is 0 Å². The van der Waals surface area contributed by atoms with Gasteiger partial charge in [0.15, 0.2) is 14.1 Å². The molecule has 9 heteroatoms. The average Bonchev–Trinajstić information content (AvgIpc) is 2.96. The van der Waals surface area contributed by atoms with Gasteiger partial charge in [-0.2, -0.15) is 0 Å². The van der Waals surface area contributed by atoms with Crippen LogP contribution in [0.4, 0.5) is 27.4 Å². The van der Waals surface area contributed by atoms with Gasteiger partial charge in [-0.25, -0.2) is 14.4 Å². The summed E-state index contributed by atoms with van der Waals surface area (Å²) < 4.78 is 21.8. The number of aromatic nitrogens is 2. The minimum atomic E-state index is -2.05. The van der Waals surface area contributed by atoms with Gasteiger partial charge in [0.25, 0.3) is 0 Å². The Labute approximate surface area is 221 Å². The van der Waals surface area contributed by atoms with Crippen molar-refractivity contribution in [2.75, 3.05) is 28.6 Å². The summed E-state index contributed by atoms with van der Waals surface area (Å²) in [5.41, 5.74) is 7.03. The number of hydrogen-bond acceptors (Lipinski definition) is 6. The van der Waals surface area contributed by atoms with Crippen LogP contribution in [0.1, 0.15) is 66.3 Å². The van der Waals surface area contributed by atoms with Crippen molar-refractivity contribution in [3.05, 3.63) is 35.4 Å². The normalized spacial score (nSPS) is 21.9. The minimum absolute atomic E-state index is 0.0302. The summed E-state index contributed by atoms with van der Waals surface area (Å²) in [5.74, 6) is 1.53. The predicted molar refractivity (Wildman–Crippen MR) is 150 cm³/mol. The van der Waals surface area contributed by atoms with Crippen molar-refractivity contribution in [3.63, 3.8) is 0 Å². The van der Waals surface area contributed by atoms with Crippen LogP contribution in [0.2, 0.25) is 18.1 Å². The molecule has 3 heterocycles. The zero-order valence-corrected chi connectivity index (χ0v) is 24.8. The van der Waals surface area contributed by atoms with Gasteiger partial charge in [0.2, 0.25) is 5.91 Å². The van der Waals surface area contributed by atoms with Gasteiger partial charge >= 0.3 is 0 Å². The highest BCUT2D eigenvalue weighted by Gasteiger charge is 2.48. The molecule has 1 aromatic carbocycles. The largest absolute Gasteiger partial charge is 0.409 e. The zero-order valence-electron chi connectivity index (χ0n) is 23.8. The monoisotopic (exact) mass is 527 g/mol. The maximum absolute atomic E-state index is 15.5. The lowest BCUT2D eigenvalue weighted by Crippen LogP contribution is -2.40. The molecule has 4 rings (SSSR count). The first-order chi connectivity index (χ1) is 17.0. The van der Waals surface area contributed by atoms with Gasteiger partial charge in [-0.3, -0.25) is 9.69 Å². The van der Waals surface area contributed by atoms with Crippen LogP contribution < -0.4 is 15.5 Å². The summed E-state index contributed by atoms with van der Waals surface area (Å²) in [4.78, 5) is 26.5. The van der Waals surface area contributed by atoms with Crippen LogP contribution in [0, 0.1) is 17.7 Å². The van der Waals surface area contributed by atoms with Crippen molar-refractivity contribution in [1.29, 1.82) is 0 Å². The van der Waals surface area contributed by atoms with Gasteiger partial charge < -0.3 is 15.1 Å². The second-order valence-electron chi connectivity index (χ2n) is 13.0. The van der Waals surface area contributed by atoms with E-state index in [0.717, 1.165) is 19.5 Å². The Morgan fingerprint density at radius 3 is 2.35 bits per heavy atom. The number of amides is 1. The molecule has 0 radical (unpaired) electrons. The van der Waals surface area contributed by atoms with E-state index in [1.54, 1.807) is 26.0 Å². The molecule has 2 aliphatic heterocycles. The first-order valence-corrected chi connectivity index (χ1v) is 16.1. The van der Waals surface area contributed by atoms with E-state index in [2.05, 4.69) is 57.6 Å². The number of nitrogens with zero attached hydrogens (tertiary/aromatic N) is 4. The van der Waals surface area contributed by atoms with E-state index in [1.165, 1.54) is 11.0 Å². The Morgan fingerprint density at radius 1 is 1.16 bits per heavy atom. The Morgan fingerprint density at radius 2 is 1.78 bits per heavy atom. The highest BCUT2D eigenvalue weighted by Crippen LogP contribution is 2.47. The van der Waals surface area contributed by atoms with E-state index in [-0.39, 0.29) is 29.2 Å². The fourth-order valence-corrected chi connectivity index (χ4v) is 6.20. The van der Waals surface area contributed by atoms with E-state index in [1.807, 2.05) is 0 Å². The molecule has 0 unspecified atom stereocenters. The van der Waals surface area contributed by atoms with E-state index in [4.69, 9.17) is 15.1 Å². The molecule has 0 spiro atoms. The summed E-state index contributed by atoms with van der Waals surface area (Å²) in [5, 5.41) is 0.0302. The van der Waals surface area contributed by atoms with Crippen LogP contribution in [0.3, 0.4) is 0 Å². The number of carbonyl (C=O) groups excluding carboxylic acids is 1. The Balaban J connectivity index is 1.70. The van der Waals surface area contributed by atoms with E-state index in [9.17, 15) is 4.79 Å². The average molecular weight is 528 g/mol. The van der Waals surface area contributed by atoms with E-state index < -0.39 is 13.7 Å². The number of rotatable bonds is 5. The molecule has 2 aromatic rings.